The first kappa shape index (κ1) is 15.1. The van der Waals surface area contributed by atoms with Gasteiger partial charge in [-0.1, -0.05) is 10.4 Å². The van der Waals surface area contributed by atoms with E-state index in [0.29, 0.717) is 43.3 Å². The molecular weight excluding hydrogens is 278 g/mol. The van der Waals surface area contributed by atoms with Gasteiger partial charge in [0.2, 0.25) is 0 Å². The Morgan fingerprint density at radius 3 is 2.95 bits per heavy atom. The average molecular weight is 295 g/mol. The van der Waals surface area contributed by atoms with Crippen molar-refractivity contribution in [2.75, 3.05) is 20.8 Å². The average Bonchev–Trinajstić information content (AvgIpc) is 3.08. The van der Waals surface area contributed by atoms with Crippen LogP contribution in [0.25, 0.3) is 0 Å². The minimum absolute atomic E-state index is 0.170. The van der Waals surface area contributed by atoms with Crippen molar-refractivity contribution < 1.29 is 18.8 Å². The van der Waals surface area contributed by atoms with E-state index in [-0.39, 0.29) is 5.69 Å². The number of carbonyl (C=O) groups is 1. The summed E-state index contributed by atoms with van der Waals surface area (Å²) in [5.74, 6) is 0.0751. The predicted octanol–water partition coefficient (Wildman–Crippen LogP) is -0.251. The van der Waals surface area contributed by atoms with E-state index in [1.54, 1.807) is 17.9 Å². The van der Waals surface area contributed by atoms with Crippen molar-refractivity contribution in [1.82, 2.24) is 20.2 Å². The summed E-state index contributed by atoms with van der Waals surface area (Å²) in [7, 11) is 2.86. The molecule has 0 spiro atoms. The lowest BCUT2D eigenvalue weighted by atomic mass is 10.2. The minimum Gasteiger partial charge on any atom is -0.464 e. The van der Waals surface area contributed by atoms with Crippen LogP contribution in [0.5, 0.6) is 0 Å². The highest BCUT2D eigenvalue weighted by Crippen LogP contribution is 2.11. The van der Waals surface area contributed by atoms with Gasteiger partial charge in [-0.2, -0.15) is 0 Å². The highest BCUT2D eigenvalue weighted by atomic mass is 16.5. The highest BCUT2D eigenvalue weighted by molar-refractivity contribution is 5.88. The van der Waals surface area contributed by atoms with E-state index in [1.807, 2.05) is 0 Å². The number of ether oxygens (including phenoxy) is 2. The van der Waals surface area contributed by atoms with E-state index >= 15 is 0 Å². The molecule has 0 aliphatic heterocycles. The smallest absolute Gasteiger partial charge is 0.360 e. The monoisotopic (exact) mass is 295 g/mol. The maximum absolute atomic E-state index is 11.6. The van der Waals surface area contributed by atoms with Crippen molar-refractivity contribution >= 4 is 5.97 Å². The first-order valence-electron chi connectivity index (χ1n) is 6.33. The van der Waals surface area contributed by atoms with E-state index in [9.17, 15) is 4.79 Å². The maximum Gasteiger partial charge on any atom is 0.360 e. The standard InChI is InChI=1S/C12H17N5O4/c1-19-7-9-5-8(15-21-9)6-17-10(3-4-13)11(14-16-17)12(18)20-2/h5H,3-4,6-7,13H2,1-2H3. The molecule has 2 aromatic rings. The van der Waals surface area contributed by atoms with Crippen LogP contribution in [0, 0.1) is 0 Å². The van der Waals surface area contributed by atoms with Crippen LogP contribution in [0.1, 0.15) is 27.6 Å². The molecule has 9 heteroatoms. The number of rotatable bonds is 7. The van der Waals surface area contributed by atoms with Crippen LogP contribution < -0.4 is 5.73 Å². The fourth-order valence-electron chi connectivity index (χ4n) is 1.89. The fourth-order valence-corrected chi connectivity index (χ4v) is 1.89. The first-order chi connectivity index (χ1) is 10.2. The van der Waals surface area contributed by atoms with Crippen LogP contribution in [-0.4, -0.2) is 46.9 Å². The molecule has 2 rings (SSSR count). The lowest BCUT2D eigenvalue weighted by Gasteiger charge is -2.04. The summed E-state index contributed by atoms with van der Waals surface area (Å²) in [4.78, 5) is 11.6. The van der Waals surface area contributed by atoms with Crippen molar-refractivity contribution in [3.8, 4) is 0 Å². The van der Waals surface area contributed by atoms with Crippen molar-refractivity contribution in [3.05, 3.63) is 28.9 Å². The summed E-state index contributed by atoms with van der Waals surface area (Å²) in [6, 6.07) is 1.76. The Kier molecular flexibility index (Phi) is 5.01. The van der Waals surface area contributed by atoms with Gasteiger partial charge in [-0.15, -0.1) is 5.10 Å². The highest BCUT2D eigenvalue weighted by Gasteiger charge is 2.20. The molecule has 0 fully saturated rings. The Hall–Kier alpha value is -2.26. The molecule has 0 aromatic carbocycles. The fraction of sp³-hybridized carbons (Fsp3) is 0.500. The Bertz CT molecular complexity index is 607. The zero-order valence-corrected chi connectivity index (χ0v) is 11.9. The first-order valence-corrected chi connectivity index (χ1v) is 6.33. The van der Waals surface area contributed by atoms with Crippen LogP contribution in [0.4, 0.5) is 0 Å². The molecule has 0 aliphatic rings. The largest absolute Gasteiger partial charge is 0.464 e. The maximum atomic E-state index is 11.6. The molecule has 0 aliphatic carbocycles. The van der Waals surface area contributed by atoms with E-state index in [0.717, 1.165) is 0 Å². The van der Waals surface area contributed by atoms with Crippen LogP contribution in [-0.2, 0) is 29.0 Å². The molecule has 0 radical (unpaired) electrons. The number of esters is 1. The topological polar surface area (TPSA) is 118 Å². The van der Waals surface area contributed by atoms with Crippen LogP contribution in [0.3, 0.4) is 0 Å². The predicted molar refractivity (Wildman–Crippen MR) is 70.4 cm³/mol. The van der Waals surface area contributed by atoms with Gasteiger partial charge < -0.3 is 19.7 Å². The van der Waals surface area contributed by atoms with Crippen LogP contribution in [0.15, 0.2) is 10.6 Å². The van der Waals surface area contributed by atoms with Gasteiger partial charge in [0, 0.05) is 19.6 Å². The summed E-state index contributed by atoms with van der Waals surface area (Å²) < 4.78 is 16.3. The molecule has 2 aromatic heterocycles. The number of hydrogen-bond donors (Lipinski definition) is 1. The Balaban J connectivity index is 2.22. The van der Waals surface area contributed by atoms with Gasteiger partial charge in [0.05, 0.1) is 19.3 Å². The van der Waals surface area contributed by atoms with Gasteiger partial charge in [-0.05, 0) is 6.54 Å². The van der Waals surface area contributed by atoms with Crippen molar-refractivity contribution in [1.29, 1.82) is 0 Å². The third-order valence-electron chi connectivity index (χ3n) is 2.80. The second kappa shape index (κ2) is 6.95. The minimum atomic E-state index is -0.537. The van der Waals surface area contributed by atoms with Gasteiger partial charge in [0.15, 0.2) is 11.5 Å². The molecule has 2 N–H and O–H groups in total. The number of nitrogens with zero attached hydrogens (tertiary/aromatic N) is 4. The van der Waals surface area contributed by atoms with Gasteiger partial charge in [0.1, 0.15) is 12.3 Å². The molecule has 0 saturated carbocycles. The van der Waals surface area contributed by atoms with E-state index in [1.165, 1.54) is 7.11 Å². The second-order valence-electron chi connectivity index (χ2n) is 4.29. The molecule has 0 bridgehead atoms. The van der Waals surface area contributed by atoms with E-state index in [2.05, 4.69) is 20.2 Å². The van der Waals surface area contributed by atoms with Crippen LogP contribution >= 0.6 is 0 Å². The van der Waals surface area contributed by atoms with Gasteiger partial charge in [-0.3, -0.25) is 0 Å². The lowest BCUT2D eigenvalue weighted by Crippen LogP contribution is -2.15. The number of methoxy groups -OCH3 is 2. The SMILES string of the molecule is COCc1cc(Cn2nnc(C(=O)OC)c2CCN)no1. The van der Waals surface area contributed by atoms with Crippen LogP contribution in [0.2, 0.25) is 0 Å². The van der Waals surface area contributed by atoms with Crippen molar-refractivity contribution in [2.24, 2.45) is 5.73 Å². The molecule has 0 saturated heterocycles. The van der Waals surface area contributed by atoms with E-state index < -0.39 is 5.97 Å². The molecule has 9 nitrogen and oxygen atoms in total. The second-order valence-corrected chi connectivity index (χ2v) is 4.29. The molecule has 114 valence electrons. The Morgan fingerprint density at radius 1 is 1.48 bits per heavy atom. The lowest BCUT2D eigenvalue weighted by molar-refractivity contribution is 0.0592. The van der Waals surface area contributed by atoms with Gasteiger partial charge >= 0.3 is 5.97 Å². The Labute approximate surface area is 121 Å². The van der Waals surface area contributed by atoms with Gasteiger partial charge in [-0.25, -0.2) is 9.48 Å². The number of nitrogens with two attached hydrogens (primary N) is 1. The third-order valence-corrected chi connectivity index (χ3v) is 2.80. The number of hydrogen-bond acceptors (Lipinski definition) is 8. The quantitative estimate of drug-likeness (QED) is 0.694. The molecule has 21 heavy (non-hydrogen) atoms. The molecular formula is C12H17N5O4. The number of carbonyl (C=O) groups excluding carboxylic acids is 1. The zero-order chi connectivity index (χ0) is 15.2. The summed E-state index contributed by atoms with van der Waals surface area (Å²) >= 11 is 0. The summed E-state index contributed by atoms with van der Waals surface area (Å²) in [5, 5.41) is 11.7. The normalized spacial score (nSPS) is 10.8. The molecule has 2 heterocycles. The summed E-state index contributed by atoms with van der Waals surface area (Å²) in [5.41, 5.74) is 7.00. The van der Waals surface area contributed by atoms with E-state index in [4.69, 9.17) is 15.0 Å². The van der Waals surface area contributed by atoms with Gasteiger partial charge in [0.25, 0.3) is 0 Å². The summed E-state index contributed by atoms with van der Waals surface area (Å²) in [6.07, 6.45) is 0.459. The third kappa shape index (κ3) is 3.44. The molecule has 0 atom stereocenters. The summed E-state index contributed by atoms with van der Waals surface area (Å²) in [6.45, 7) is 1.03. The zero-order valence-electron chi connectivity index (χ0n) is 11.9. The van der Waals surface area contributed by atoms with Crippen molar-refractivity contribution in [2.45, 2.75) is 19.6 Å². The van der Waals surface area contributed by atoms with Crippen molar-refractivity contribution in [3.63, 3.8) is 0 Å². The Morgan fingerprint density at radius 2 is 2.29 bits per heavy atom. The number of aromatic nitrogens is 4. The molecule has 0 unspecified atom stereocenters. The molecule has 0 amide bonds.